The monoisotopic (exact) mass is 319 g/mol. The second kappa shape index (κ2) is 6.87. The van der Waals surface area contributed by atoms with Crippen LogP contribution in [0, 0.1) is 13.8 Å². The number of pyridine rings is 1. The number of ether oxygens (including phenoxy) is 1. The molecule has 0 unspecified atom stereocenters. The summed E-state index contributed by atoms with van der Waals surface area (Å²) in [5.74, 6) is 0.259. The van der Waals surface area contributed by atoms with Crippen molar-refractivity contribution in [1.82, 2.24) is 14.9 Å². The van der Waals surface area contributed by atoms with Crippen molar-refractivity contribution in [2.75, 3.05) is 13.7 Å². The van der Waals surface area contributed by atoms with Crippen molar-refractivity contribution in [3.8, 4) is 5.88 Å². The molecule has 0 radical (unpaired) electrons. The number of hydrogen-bond acceptors (Lipinski definition) is 5. The Hall–Kier alpha value is -1.95. The van der Waals surface area contributed by atoms with Crippen molar-refractivity contribution in [3.05, 3.63) is 39.5 Å². The highest BCUT2D eigenvalue weighted by atomic mass is 32.1. The van der Waals surface area contributed by atoms with E-state index >= 15 is 0 Å². The summed E-state index contributed by atoms with van der Waals surface area (Å²) < 4.78 is 5.45. The van der Waals surface area contributed by atoms with E-state index in [2.05, 4.69) is 9.97 Å². The van der Waals surface area contributed by atoms with Crippen molar-refractivity contribution < 1.29 is 9.53 Å². The summed E-state index contributed by atoms with van der Waals surface area (Å²) in [6.45, 7) is 8.34. The van der Waals surface area contributed by atoms with Gasteiger partial charge in [0.1, 0.15) is 5.56 Å². The molecular formula is C16H21N3O2S. The molecule has 0 N–H and O–H groups in total. The molecule has 0 spiro atoms. The third-order valence-corrected chi connectivity index (χ3v) is 4.42. The summed E-state index contributed by atoms with van der Waals surface area (Å²) >= 11 is 1.65. The number of carbonyl (C=O) groups excluding carboxylic acids is 1. The van der Waals surface area contributed by atoms with Gasteiger partial charge in [0.05, 0.1) is 23.4 Å². The highest BCUT2D eigenvalue weighted by Gasteiger charge is 2.25. The van der Waals surface area contributed by atoms with Gasteiger partial charge in [0.2, 0.25) is 5.88 Å². The van der Waals surface area contributed by atoms with E-state index in [-0.39, 0.29) is 11.9 Å². The summed E-state index contributed by atoms with van der Waals surface area (Å²) in [5, 5.41) is 1.01. The maximum atomic E-state index is 12.8. The second-order valence-electron chi connectivity index (χ2n) is 5.06. The summed E-state index contributed by atoms with van der Waals surface area (Å²) in [7, 11) is 1.78. The van der Waals surface area contributed by atoms with Crippen LogP contribution in [0.2, 0.25) is 0 Å². The second-order valence-corrected chi connectivity index (χ2v) is 6.46. The highest BCUT2D eigenvalue weighted by Crippen LogP contribution is 2.28. The van der Waals surface area contributed by atoms with Crippen LogP contribution in [0.15, 0.2) is 18.3 Å². The molecule has 5 nitrogen and oxygen atoms in total. The fraction of sp³-hybridized carbons (Fsp3) is 0.438. The minimum absolute atomic E-state index is 0.105. The number of aryl methyl sites for hydroxylation is 2. The van der Waals surface area contributed by atoms with Crippen LogP contribution in [0.3, 0.4) is 0 Å². The Morgan fingerprint density at radius 1 is 1.45 bits per heavy atom. The number of hydrogen-bond donors (Lipinski definition) is 0. The SMILES string of the molecule is CCOc1ncccc1C(=O)N(C)[C@@H](C)c1nc(C)sc1C. The average molecular weight is 319 g/mol. The summed E-state index contributed by atoms with van der Waals surface area (Å²) in [4.78, 5) is 24.3. The molecular weight excluding hydrogens is 298 g/mol. The number of carbonyl (C=O) groups is 1. The first-order chi connectivity index (χ1) is 10.5. The largest absolute Gasteiger partial charge is 0.477 e. The number of aromatic nitrogens is 2. The van der Waals surface area contributed by atoms with Crippen LogP contribution in [0.4, 0.5) is 0 Å². The maximum absolute atomic E-state index is 12.8. The Balaban J connectivity index is 2.27. The van der Waals surface area contributed by atoms with Crippen molar-refractivity contribution in [2.45, 2.75) is 33.7 Å². The molecule has 0 saturated heterocycles. The molecule has 0 aliphatic carbocycles. The smallest absolute Gasteiger partial charge is 0.259 e. The van der Waals surface area contributed by atoms with E-state index in [0.29, 0.717) is 18.1 Å². The minimum atomic E-state index is -0.117. The molecule has 0 fully saturated rings. The average Bonchev–Trinajstić information content (AvgIpc) is 2.84. The Morgan fingerprint density at radius 2 is 2.18 bits per heavy atom. The zero-order valence-corrected chi connectivity index (χ0v) is 14.4. The lowest BCUT2D eigenvalue weighted by Crippen LogP contribution is -2.30. The van der Waals surface area contributed by atoms with Crippen LogP contribution in [-0.2, 0) is 0 Å². The third kappa shape index (κ3) is 3.27. The molecule has 0 saturated carbocycles. The molecule has 22 heavy (non-hydrogen) atoms. The van der Waals surface area contributed by atoms with Gasteiger partial charge >= 0.3 is 0 Å². The molecule has 0 aliphatic rings. The van der Waals surface area contributed by atoms with Crippen molar-refractivity contribution in [2.24, 2.45) is 0 Å². The molecule has 2 rings (SSSR count). The molecule has 118 valence electrons. The summed E-state index contributed by atoms with van der Waals surface area (Å²) in [6, 6.07) is 3.38. The van der Waals surface area contributed by atoms with Crippen LogP contribution in [-0.4, -0.2) is 34.4 Å². The van der Waals surface area contributed by atoms with Crippen LogP contribution in [0.1, 0.15) is 45.8 Å². The van der Waals surface area contributed by atoms with Gasteiger partial charge in [-0.15, -0.1) is 11.3 Å². The van der Waals surface area contributed by atoms with Gasteiger partial charge in [0.25, 0.3) is 5.91 Å². The van der Waals surface area contributed by atoms with Gasteiger partial charge in [-0.1, -0.05) is 0 Å². The van der Waals surface area contributed by atoms with E-state index in [9.17, 15) is 4.79 Å². The van der Waals surface area contributed by atoms with E-state index < -0.39 is 0 Å². The molecule has 0 aromatic carbocycles. The molecule has 6 heteroatoms. The molecule has 2 aromatic rings. The lowest BCUT2D eigenvalue weighted by atomic mass is 10.1. The molecule has 1 atom stereocenters. The van der Waals surface area contributed by atoms with E-state index in [4.69, 9.17) is 4.74 Å². The molecule has 1 amide bonds. The fourth-order valence-electron chi connectivity index (χ4n) is 2.29. The van der Waals surface area contributed by atoms with Gasteiger partial charge < -0.3 is 9.64 Å². The third-order valence-electron chi connectivity index (χ3n) is 3.52. The normalized spacial score (nSPS) is 12.0. The molecule has 0 bridgehead atoms. The number of rotatable bonds is 5. The van der Waals surface area contributed by atoms with Crippen molar-refractivity contribution in [3.63, 3.8) is 0 Å². The number of amides is 1. The predicted molar refractivity (Wildman–Crippen MR) is 87.5 cm³/mol. The molecule has 0 aliphatic heterocycles. The Labute approximate surface area is 135 Å². The van der Waals surface area contributed by atoms with E-state index in [1.54, 1.807) is 41.6 Å². The van der Waals surface area contributed by atoms with Crippen molar-refractivity contribution >= 4 is 17.2 Å². The van der Waals surface area contributed by atoms with Crippen LogP contribution in [0.25, 0.3) is 0 Å². The zero-order chi connectivity index (χ0) is 16.3. The van der Waals surface area contributed by atoms with E-state index in [1.165, 1.54) is 0 Å². The lowest BCUT2D eigenvalue weighted by Gasteiger charge is -2.25. The van der Waals surface area contributed by atoms with Gasteiger partial charge in [0, 0.05) is 18.1 Å². The predicted octanol–water partition coefficient (Wildman–Crippen LogP) is 3.39. The van der Waals surface area contributed by atoms with Crippen LogP contribution < -0.4 is 4.74 Å². The quantitative estimate of drug-likeness (QED) is 0.847. The van der Waals surface area contributed by atoms with Gasteiger partial charge in [0.15, 0.2) is 0 Å². The first-order valence-electron chi connectivity index (χ1n) is 7.24. The lowest BCUT2D eigenvalue weighted by molar-refractivity contribution is 0.0734. The Kier molecular flexibility index (Phi) is 5.13. The zero-order valence-electron chi connectivity index (χ0n) is 13.6. The first kappa shape index (κ1) is 16.4. The Bertz CT molecular complexity index is 669. The molecule has 2 aromatic heterocycles. The van der Waals surface area contributed by atoms with Crippen LogP contribution >= 0.6 is 11.3 Å². The van der Waals surface area contributed by atoms with Gasteiger partial charge in [-0.2, -0.15) is 0 Å². The Morgan fingerprint density at radius 3 is 2.77 bits per heavy atom. The fourth-order valence-corrected chi connectivity index (χ4v) is 3.20. The van der Waals surface area contributed by atoms with Crippen molar-refractivity contribution in [1.29, 1.82) is 0 Å². The number of thiazole rings is 1. The van der Waals surface area contributed by atoms with E-state index in [1.807, 2.05) is 27.7 Å². The minimum Gasteiger partial charge on any atom is -0.477 e. The summed E-state index contributed by atoms with van der Waals surface area (Å²) in [6.07, 6.45) is 1.62. The van der Waals surface area contributed by atoms with E-state index in [0.717, 1.165) is 15.6 Å². The first-order valence-corrected chi connectivity index (χ1v) is 8.06. The van der Waals surface area contributed by atoms with Crippen LogP contribution in [0.5, 0.6) is 5.88 Å². The van der Waals surface area contributed by atoms with Gasteiger partial charge in [-0.05, 0) is 39.8 Å². The highest BCUT2D eigenvalue weighted by molar-refractivity contribution is 7.11. The topological polar surface area (TPSA) is 55.3 Å². The van der Waals surface area contributed by atoms with Gasteiger partial charge in [-0.25, -0.2) is 9.97 Å². The maximum Gasteiger partial charge on any atom is 0.259 e. The number of nitrogens with zero attached hydrogens (tertiary/aromatic N) is 3. The summed E-state index contributed by atoms with van der Waals surface area (Å²) in [5.41, 5.74) is 1.42. The standard InChI is InChI=1S/C16H21N3O2S/c1-6-21-15-13(8-7-9-17-15)16(20)19(5)10(2)14-11(3)22-12(4)18-14/h7-10H,6H2,1-5H3/t10-/m0/s1. The van der Waals surface area contributed by atoms with Gasteiger partial charge in [-0.3, -0.25) is 4.79 Å². The molecule has 2 heterocycles.